The molecular weight excluding hydrogens is 519 g/mol. The Kier molecular flexibility index (Phi) is 5.71. The lowest BCUT2D eigenvalue weighted by Crippen LogP contribution is -1.91. The summed E-state index contributed by atoms with van der Waals surface area (Å²) >= 11 is 55.3. The van der Waals surface area contributed by atoms with Crippen LogP contribution in [0.5, 0.6) is 11.5 Å². The lowest BCUT2D eigenvalue weighted by Gasteiger charge is -2.18. The Balaban J connectivity index is 2.84. The van der Waals surface area contributed by atoms with Crippen molar-refractivity contribution in [1.29, 1.82) is 0 Å². The minimum absolute atomic E-state index is 0.0170. The van der Waals surface area contributed by atoms with Crippen LogP contribution < -0.4 is 4.29 Å². The summed E-state index contributed by atoms with van der Waals surface area (Å²) in [6.45, 7) is 0. The maximum Gasteiger partial charge on any atom is 0.185 e. The van der Waals surface area contributed by atoms with Crippen LogP contribution in [0.4, 0.5) is 0 Å². The highest BCUT2D eigenvalue weighted by Crippen LogP contribution is 2.56. The van der Waals surface area contributed by atoms with E-state index in [1.807, 2.05) is 0 Å². The van der Waals surface area contributed by atoms with Crippen LogP contribution in [0.3, 0.4) is 0 Å². The van der Waals surface area contributed by atoms with Crippen molar-refractivity contribution in [1.82, 2.24) is 0 Å². The second-order valence-electron chi connectivity index (χ2n) is 4.77. The minimum atomic E-state index is -0.416. The second-order valence-corrected chi connectivity index (χ2v) is 7.94. The Morgan fingerprint density at radius 3 is 1.48 bits per heavy atom. The maximum atomic E-state index is 10.4. The summed E-state index contributed by atoms with van der Waals surface area (Å²) < 4.78 is 4.66. The average molecular weight is 520 g/mol. The molecule has 3 rings (SSSR count). The van der Waals surface area contributed by atoms with Crippen molar-refractivity contribution in [2.24, 2.45) is 0 Å². The Morgan fingerprint density at radius 2 is 0.920 bits per heavy atom. The van der Waals surface area contributed by atoms with Crippen LogP contribution in [0.2, 0.25) is 40.2 Å². The van der Waals surface area contributed by atoms with Crippen LogP contribution >= 0.6 is 105 Å². The van der Waals surface area contributed by atoms with Gasteiger partial charge < -0.3 is 9.40 Å². The third kappa shape index (κ3) is 2.77. The van der Waals surface area contributed by atoms with Crippen LogP contribution in [0.1, 0.15) is 0 Å². The number of phenolic OH excluding ortho intramolecular Hbond substituents is 1. The monoisotopic (exact) mass is 516 g/mol. The summed E-state index contributed by atoms with van der Waals surface area (Å²) in [5.41, 5.74) is 0. The van der Waals surface area contributed by atoms with Crippen LogP contribution in [0, 0.1) is 0 Å². The fourth-order valence-corrected chi connectivity index (χ4v) is 4.88. The van der Waals surface area contributed by atoms with Gasteiger partial charge in [-0.2, -0.15) is 0 Å². The zero-order chi connectivity index (χ0) is 18.8. The van der Waals surface area contributed by atoms with Gasteiger partial charge in [0, 0.05) is 21.5 Å². The maximum absolute atomic E-state index is 10.4. The van der Waals surface area contributed by atoms with E-state index < -0.39 is 5.75 Å². The van der Waals surface area contributed by atoms with Crippen molar-refractivity contribution in [3.05, 3.63) is 40.2 Å². The molecule has 0 heterocycles. The van der Waals surface area contributed by atoms with Gasteiger partial charge in [0.1, 0.15) is 27.7 Å². The Bertz CT molecular complexity index is 1080. The van der Waals surface area contributed by atoms with E-state index in [0.29, 0.717) is 0 Å². The van der Waals surface area contributed by atoms with Gasteiger partial charge in [-0.3, -0.25) is 0 Å². The quantitative estimate of drug-likeness (QED) is 0.197. The van der Waals surface area contributed by atoms with Crippen LogP contribution in [-0.2, 0) is 0 Å². The highest BCUT2D eigenvalue weighted by atomic mass is 35.5. The number of hydrogen-bond acceptors (Lipinski definition) is 2. The van der Waals surface area contributed by atoms with Gasteiger partial charge in [0.15, 0.2) is 5.75 Å². The number of aromatic hydroxyl groups is 1. The fourth-order valence-electron chi connectivity index (χ4n) is 2.46. The lowest BCUT2D eigenvalue weighted by molar-refractivity contribution is 0.482. The van der Waals surface area contributed by atoms with E-state index >= 15 is 0 Å². The zero-order valence-electron chi connectivity index (χ0n) is 11.3. The number of hydrogen-bond donors (Lipinski definition) is 1. The molecule has 0 aromatic heterocycles. The van der Waals surface area contributed by atoms with Gasteiger partial charge in [0.25, 0.3) is 0 Å². The molecule has 0 spiro atoms. The molecule has 11 heteroatoms. The molecule has 0 saturated heterocycles. The largest absolute Gasteiger partial charge is 0.506 e. The van der Waals surface area contributed by atoms with E-state index in [2.05, 4.69) is 4.29 Å². The van der Waals surface area contributed by atoms with E-state index in [0.717, 1.165) is 0 Å². The summed E-state index contributed by atoms with van der Waals surface area (Å²) in [5.74, 6) is -0.527. The standard InChI is InChI=1S/C14HCl9O2/c15-5-2-1-3(9(19)14(25-23)12(22)6(1)16)7(17)8(18)4(2)13(24)11(21)10(5)20/h24H. The lowest BCUT2D eigenvalue weighted by atomic mass is 10.00. The molecule has 0 bridgehead atoms. The van der Waals surface area contributed by atoms with E-state index in [9.17, 15) is 5.11 Å². The van der Waals surface area contributed by atoms with Crippen molar-refractivity contribution in [3.63, 3.8) is 0 Å². The molecule has 0 aliphatic carbocycles. The summed E-state index contributed by atoms with van der Waals surface area (Å²) in [6.07, 6.45) is 0. The van der Waals surface area contributed by atoms with Crippen LogP contribution in [0.15, 0.2) is 0 Å². The zero-order valence-corrected chi connectivity index (χ0v) is 18.1. The molecule has 0 atom stereocenters. The van der Waals surface area contributed by atoms with Gasteiger partial charge in [-0.15, -0.1) is 0 Å². The normalized spacial score (nSPS) is 11.6. The van der Waals surface area contributed by atoms with Crippen molar-refractivity contribution in [2.45, 2.75) is 0 Å². The topological polar surface area (TPSA) is 29.5 Å². The first-order chi connectivity index (χ1) is 11.6. The van der Waals surface area contributed by atoms with Gasteiger partial charge in [-0.1, -0.05) is 92.8 Å². The Labute approximate surface area is 186 Å². The first-order valence-electron chi connectivity index (χ1n) is 6.09. The number of halogens is 9. The van der Waals surface area contributed by atoms with Crippen LogP contribution in [0.25, 0.3) is 21.5 Å². The molecule has 3 aromatic carbocycles. The van der Waals surface area contributed by atoms with Gasteiger partial charge in [0.05, 0.1) is 30.1 Å². The van der Waals surface area contributed by atoms with Gasteiger partial charge >= 0.3 is 0 Å². The molecule has 0 amide bonds. The molecule has 2 nitrogen and oxygen atoms in total. The minimum Gasteiger partial charge on any atom is -0.506 e. The summed E-state index contributed by atoms with van der Waals surface area (Å²) in [5, 5.41) is 10.4. The molecule has 25 heavy (non-hydrogen) atoms. The molecular formula is C14HCl9O2. The van der Waals surface area contributed by atoms with Crippen molar-refractivity contribution in [3.8, 4) is 11.5 Å². The highest BCUT2D eigenvalue weighted by molar-refractivity contribution is 6.60. The number of rotatable bonds is 1. The van der Waals surface area contributed by atoms with Crippen molar-refractivity contribution >= 4 is 126 Å². The van der Waals surface area contributed by atoms with Gasteiger partial charge in [-0.25, -0.2) is 0 Å². The molecule has 1 N–H and O–H groups in total. The first kappa shape index (κ1) is 20.1. The smallest absolute Gasteiger partial charge is 0.185 e. The third-order valence-electron chi connectivity index (χ3n) is 3.54. The molecule has 132 valence electrons. The Hall–Kier alpha value is 0.390. The van der Waals surface area contributed by atoms with Crippen molar-refractivity contribution < 1.29 is 9.40 Å². The number of fused-ring (bicyclic) bond motifs is 3. The average Bonchev–Trinajstić information content (AvgIpc) is 2.58. The SMILES string of the molecule is Oc1c(Cl)c(Cl)c(Cl)c2c1c(Cl)c(Cl)c1c(Cl)c(OCl)c(Cl)c(Cl)c12. The fraction of sp³-hybridized carbons (Fsp3) is 0. The van der Waals surface area contributed by atoms with E-state index in [-0.39, 0.29) is 67.5 Å². The third-order valence-corrected chi connectivity index (χ3v) is 7.06. The predicted molar refractivity (Wildman–Crippen MR) is 110 cm³/mol. The molecule has 0 fully saturated rings. The molecule has 0 unspecified atom stereocenters. The van der Waals surface area contributed by atoms with Crippen molar-refractivity contribution in [2.75, 3.05) is 0 Å². The summed E-state index contributed by atoms with van der Waals surface area (Å²) in [4.78, 5) is 0. The van der Waals surface area contributed by atoms with E-state index in [1.54, 1.807) is 0 Å². The number of benzene rings is 3. The molecule has 0 saturated carbocycles. The first-order valence-corrected chi connectivity index (χ1v) is 9.43. The molecule has 3 aromatic rings. The van der Waals surface area contributed by atoms with E-state index in [1.165, 1.54) is 0 Å². The van der Waals surface area contributed by atoms with E-state index in [4.69, 9.17) is 105 Å². The van der Waals surface area contributed by atoms with Gasteiger partial charge in [-0.05, 0) is 0 Å². The predicted octanol–water partition coefficient (Wildman–Crippen LogP) is 9.46. The molecule has 0 aliphatic heterocycles. The van der Waals surface area contributed by atoms with Gasteiger partial charge in [0.2, 0.25) is 0 Å². The number of phenols is 1. The second kappa shape index (κ2) is 7.09. The highest BCUT2D eigenvalue weighted by Gasteiger charge is 2.28. The molecule has 0 aliphatic rings. The Morgan fingerprint density at radius 1 is 0.480 bits per heavy atom. The van der Waals surface area contributed by atoms with Crippen LogP contribution in [-0.4, -0.2) is 5.11 Å². The molecule has 0 radical (unpaired) electrons. The summed E-state index contributed by atoms with van der Waals surface area (Å²) in [6, 6.07) is 0. The summed E-state index contributed by atoms with van der Waals surface area (Å²) in [7, 11) is 0.